The number of unbranched alkanes of at least 4 members (excludes halogenated alkanes) is 5. The lowest BCUT2D eigenvalue weighted by molar-refractivity contribution is -0.116. The van der Waals surface area contributed by atoms with Crippen LogP contribution in [0.15, 0.2) is 17.5 Å². The first-order valence-electron chi connectivity index (χ1n) is 6.81. The van der Waals surface area contributed by atoms with E-state index in [9.17, 15) is 13.6 Å². The number of halogens is 2. The third kappa shape index (κ3) is 7.99. The molecule has 0 aromatic carbocycles. The topological polar surface area (TPSA) is 42.0 Å². The minimum atomic E-state index is -1.60. The fraction of sp³-hybridized carbons (Fsp3) is 0.571. The Kier molecular flexibility index (Phi) is 8.02. The summed E-state index contributed by atoms with van der Waals surface area (Å²) in [4.78, 5) is 15.8. The van der Waals surface area contributed by atoms with Crippen molar-refractivity contribution in [2.45, 2.75) is 51.9 Å². The van der Waals surface area contributed by atoms with Gasteiger partial charge in [-0.05, 0) is 32.3 Å². The summed E-state index contributed by atoms with van der Waals surface area (Å²) in [5.74, 6) is -0.0122. The number of hydrogen-bond acceptors (Lipinski definition) is 3. The van der Waals surface area contributed by atoms with Crippen LogP contribution in [0, 0.1) is 6.92 Å². The lowest BCUT2D eigenvalue weighted by Gasteiger charge is -2.02. The molecule has 1 N–H and O–H groups in total. The van der Waals surface area contributed by atoms with Gasteiger partial charge in [-0.2, -0.15) is 8.78 Å². The van der Waals surface area contributed by atoms with Crippen LogP contribution < -0.4 is 5.32 Å². The first-order chi connectivity index (χ1) is 9.58. The predicted octanol–water partition coefficient (Wildman–Crippen LogP) is 4.90. The summed E-state index contributed by atoms with van der Waals surface area (Å²) in [6.45, 7) is 1.89. The number of aromatic nitrogens is 1. The average Bonchev–Trinajstić information content (AvgIpc) is 2.77. The second-order valence-electron chi connectivity index (χ2n) is 4.64. The number of carbonyl (C=O) groups is 1. The minimum absolute atomic E-state index is 0.0122. The van der Waals surface area contributed by atoms with Gasteiger partial charge in [0.25, 0.3) is 6.08 Å². The quantitative estimate of drug-likeness (QED) is 0.659. The molecule has 0 saturated heterocycles. The number of nitrogens with one attached hydrogen (secondary N) is 1. The van der Waals surface area contributed by atoms with Gasteiger partial charge in [-0.3, -0.25) is 4.79 Å². The zero-order valence-electron chi connectivity index (χ0n) is 11.6. The van der Waals surface area contributed by atoms with Gasteiger partial charge in [0.1, 0.15) is 0 Å². The molecule has 0 unspecified atom stereocenters. The highest BCUT2D eigenvalue weighted by atomic mass is 32.1. The van der Waals surface area contributed by atoms with E-state index in [1.165, 1.54) is 11.3 Å². The smallest absolute Gasteiger partial charge is 0.266 e. The van der Waals surface area contributed by atoms with Crippen LogP contribution in [0.4, 0.5) is 13.9 Å². The highest BCUT2D eigenvalue weighted by molar-refractivity contribution is 7.13. The maximum atomic E-state index is 11.7. The lowest BCUT2D eigenvalue weighted by Crippen LogP contribution is -2.10. The monoisotopic (exact) mass is 302 g/mol. The summed E-state index contributed by atoms with van der Waals surface area (Å²) in [7, 11) is 0. The van der Waals surface area contributed by atoms with Crippen molar-refractivity contribution in [2.24, 2.45) is 0 Å². The zero-order valence-corrected chi connectivity index (χ0v) is 12.4. The van der Waals surface area contributed by atoms with Gasteiger partial charge in [0.2, 0.25) is 5.91 Å². The highest BCUT2D eigenvalue weighted by Crippen LogP contribution is 2.15. The molecular weight excluding hydrogens is 282 g/mol. The van der Waals surface area contributed by atoms with E-state index in [0.717, 1.165) is 43.9 Å². The number of allylic oxidation sites excluding steroid dienone is 1. The Labute approximate surface area is 122 Å². The van der Waals surface area contributed by atoms with Crippen LogP contribution in [0.2, 0.25) is 0 Å². The normalized spacial score (nSPS) is 10.3. The minimum Gasteiger partial charge on any atom is -0.302 e. The third-order valence-electron chi connectivity index (χ3n) is 2.77. The highest BCUT2D eigenvalue weighted by Gasteiger charge is 2.04. The molecule has 112 valence electrons. The lowest BCUT2D eigenvalue weighted by atomic mass is 10.1. The standard InChI is InChI=1S/C14H20F2N2OS/c1-11-10-20-14(17-11)18-13(19)9-7-5-3-2-4-6-8-12(15)16/h8,10H,2-7,9H2,1H3,(H,17,18,19). The Bertz CT molecular complexity index is 442. The van der Waals surface area contributed by atoms with Crippen molar-refractivity contribution in [1.29, 1.82) is 0 Å². The average molecular weight is 302 g/mol. The molecule has 0 aliphatic heterocycles. The molecule has 0 aliphatic carbocycles. The molecule has 1 rings (SSSR count). The Balaban J connectivity index is 1.98. The van der Waals surface area contributed by atoms with E-state index in [4.69, 9.17) is 0 Å². The maximum absolute atomic E-state index is 11.7. The molecular formula is C14H20F2N2OS. The van der Waals surface area contributed by atoms with Crippen LogP contribution in [-0.2, 0) is 4.79 Å². The zero-order chi connectivity index (χ0) is 14.8. The fourth-order valence-electron chi connectivity index (χ4n) is 1.76. The fourth-order valence-corrected chi connectivity index (χ4v) is 2.47. The summed E-state index contributed by atoms with van der Waals surface area (Å²) in [5, 5.41) is 5.30. The Morgan fingerprint density at radius 3 is 2.65 bits per heavy atom. The molecule has 0 radical (unpaired) electrons. The van der Waals surface area contributed by atoms with E-state index in [2.05, 4.69) is 10.3 Å². The molecule has 1 aromatic heterocycles. The van der Waals surface area contributed by atoms with Crippen LogP contribution in [0.1, 0.15) is 50.6 Å². The molecule has 0 aliphatic rings. The van der Waals surface area contributed by atoms with E-state index in [1.807, 2.05) is 12.3 Å². The van der Waals surface area contributed by atoms with Crippen LogP contribution in [0.25, 0.3) is 0 Å². The van der Waals surface area contributed by atoms with Crippen molar-refractivity contribution in [3.63, 3.8) is 0 Å². The van der Waals surface area contributed by atoms with Crippen molar-refractivity contribution < 1.29 is 13.6 Å². The second kappa shape index (κ2) is 9.58. The maximum Gasteiger partial charge on any atom is 0.266 e. The second-order valence-corrected chi connectivity index (χ2v) is 5.50. The summed E-state index contributed by atoms with van der Waals surface area (Å²) >= 11 is 1.42. The summed E-state index contributed by atoms with van der Waals surface area (Å²) in [6, 6.07) is 0. The van der Waals surface area contributed by atoms with E-state index < -0.39 is 6.08 Å². The van der Waals surface area contributed by atoms with Crippen LogP contribution in [0.3, 0.4) is 0 Å². The van der Waals surface area contributed by atoms with Gasteiger partial charge in [-0.1, -0.05) is 19.3 Å². The number of nitrogens with zero attached hydrogens (tertiary/aromatic N) is 1. The summed E-state index contributed by atoms with van der Waals surface area (Å²) in [5.41, 5.74) is 0.907. The van der Waals surface area contributed by atoms with Gasteiger partial charge in [0.15, 0.2) is 5.13 Å². The number of carbonyl (C=O) groups excluding carboxylic acids is 1. The molecule has 0 fully saturated rings. The van der Waals surface area contributed by atoms with Gasteiger partial charge in [0.05, 0.1) is 5.69 Å². The number of aryl methyl sites for hydroxylation is 1. The van der Waals surface area contributed by atoms with Gasteiger partial charge < -0.3 is 5.32 Å². The molecule has 6 heteroatoms. The predicted molar refractivity (Wildman–Crippen MR) is 78.1 cm³/mol. The molecule has 20 heavy (non-hydrogen) atoms. The van der Waals surface area contributed by atoms with Crippen molar-refractivity contribution in [3.8, 4) is 0 Å². The molecule has 1 amide bonds. The first kappa shape index (κ1) is 16.8. The van der Waals surface area contributed by atoms with Crippen molar-refractivity contribution >= 4 is 22.4 Å². The van der Waals surface area contributed by atoms with E-state index in [1.54, 1.807) is 0 Å². The number of amides is 1. The van der Waals surface area contributed by atoms with Crippen LogP contribution >= 0.6 is 11.3 Å². The molecule has 1 heterocycles. The summed E-state index contributed by atoms with van der Waals surface area (Å²) < 4.78 is 23.5. The molecule has 0 spiro atoms. The van der Waals surface area contributed by atoms with Gasteiger partial charge in [0, 0.05) is 11.8 Å². The first-order valence-corrected chi connectivity index (χ1v) is 7.69. The number of hydrogen-bond donors (Lipinski definition) is 1. The van der Waals surface area contributed by atoms with Crippen molar-refractivity contribution in [3.05, 3.63) is 23.2 Å². The largest absolute Gasteiger partial charge is 0.302 e. The molecule has 0 saturated carbocycles. The van der Waals surface area contributed by atoms with Gasteiger partial charge in [-0.15, -0.1) is 11.3 Å². The Morgan fingerprint density at radius 2 is 2.00 bits per heavy atom. The Morgan fingerprint density at radius 1 is 1.30 bits per heavy atom. The molecule has 0 bridgehead atoms. The molecule has 1 aromatic rings. The molecule has 0 atom stereocenters. The third-order valence-corrected chi connectivity index (χ3v) is 3.65. The Hall–Kier alpha value is -1.30. The summed E-state index contributed by atoms with van der Waals surface area (Å²) in [6.07, 6.45) is 4.74. The van der Waals surface area contributed by atoms with Gasteiger partial charge in [-0.25, -0.2) is 4.98 Å². The molecule has 3 nitrogen and oxygen atoms in total. The van der Waals surface area contributed by atoms with Crippen molar-refractivity contribution in [1.82, 2.24) is 4.98 Å². The van der Waals surface area contributed by atoms with E-state index in [-0.39, 0.29) is 5.91 Å². The number of anilines is 1. The van der Waals surface area contributed by atoms with E-state index in [0.29, 0.717) is 18.0 Å². The van der Waals surface area contributed by atoms with Crippen LogP contribution in [0.5, 0.6) is 0 Å². The number of rotatable bonds is 9. The number of thiazole rings is 1. The van der Waals surface area contributed by atoms with Crippen molar-refractivity contribution in [2.75, 3.05) is 5.32 Å². The van der Waals surface area contributed by atoms with E-state index >= 15 is 0 Å². The SMILES string of the molecule is Cc1csc(NC(=O)CCCCCCCC=C(F)F)n1. The van der Waals surface area contributed by atoms with Gasteiger partial charge >= 0.3 is 0 Å². The van der Waals surface area contributed by atoms with Crippen LogP contribution in [-0.4, -0.2) is 10.9 Å².